The number of aromatic nitrogens is 3. The highest BCUT2D eigenvalue weighted by Gasteiger charge is 2.19. The molecule has 0 aliphatic heterocycles. The molecular weight excluding hydrogens is 240 g/mol. The monoisotopic (exact) mass is 258 g/mol. The molecule has 1 aromatic carbocycles. The average molecular weight is 258 g/mol. The lowest BCUT2D eigenvalue weighted by Crippen LogP contribution is -2.28. The van der Waals surface area contributed by atoms with Gasteiger partial charge in [-0.15, -0.1) is 5.10 Å². The van der Waals surface area contributed by atoms with Crippen molar-refractivity contribution in [2.45, 2.75) is 27.2 Å². The molecule has 2 aromatic rings. The Bertz CT molecular complexity index is 603. The molecule has 0 saturated heterocycles. The van der Waals surface area contributed by atoms with E-state index in [1.807, 2.05) is 32.9 Å². The Morgan fingerprint density at radius 3 is 2.68 bits per heavy atom. The van der Waals surface area contributed by atoms with Crippen LogP contribution in [-0.2, 0) is 6.42 Å². The van der Waals surface area contributed by atoms with E-state index in [0.29, 0.717) is 0 Å². The number of nitrogens with one attached hydrogen (secondary N) is 1. The maximum Gasteiger partial charge on any atom is 0.297 e. The number of amides is 1. The highest BCUT2D eigenvalue weighted by atomic mass is 16.2. The molecule has 5 heteroatoms. The van der Waals surface area contributed by atoms with Gasteiger partial charge in [-0.2, -0.15) is 0 Å². The SMILES string of the molecule is CCc1nc(C(=O)N(C)c2ccc(C)cc2C)n[nH]1. The van der Waals surface area contributed by atoms with Crippen LogP contribution < -0.4 is 4.90 Å². The van der Waals surface area contributed by atoms with Crippen molar-refractivity contribution in [2.75, 3.05) is 11.9 Å². The standard InChI is InChI=1S/C14H18N4O/c1-5-12-15-13(17-16-12)14(19)18(4)11-7-6-9(2)8-10(11)3/h6-8H,5H2,1-4H3,(H,15,16,17). The topological polar surface area (TPSA) is 61.9 Å². The molecule has 1 heterocycles. The second-order valence-electron chi connectivity index (χ2n) is 4.61. The van der Waals surface area contributed by atoms with Crippen LogP contribution in [0.15, 0.2) is 18.2 Å². The van der Waals surface area contributed by atoms with Crippen molar-refractivity contribution in [3.63, 3.8) is 0 Å². The molecule has 100 valence electrons. The van der Waals surface area contributed by atoms with Crippen LogP contribution in [0, 0.1) is 13.8 Å². The second-order valence-corrected chi connectivity index (χ2v) is 4.61. The molecule has 0 unspecified atom stereocenters. The van der Waals surface area contributed by atoms with E-state index in [1.54, 1.807) is 11.9 Å². The molecule has 0 atom stereocenters. The van der Waals surface area contributed by atoms with E-state index in [2.05, 4.69) is 21.2 Å². The van der Waals surface area contributed by atoms with Crippen LogP contribution >= 0.6 is 0 Å². The van der Waals surface area contributed by atoms with Crippen molar-refractivity contribution in [1.82, 2.24) is 15.2 Å². The highest BCUT2D eigenvalue weighted by molar-refractivity contribution is 6.03. The first-order valence-electron chi connectivity index (χ1n) is 6.29. The van der Waals surface area contributed by atoms with Crippen LogP contribution in [0.5, 0.6) is 0 Å². The first-order valence-corrected chi connectivity index (χ1v) is 6.29. The zero-order chi connectivity index (χ0) is 14.0. The van der Waals surface area contributed by atoms with Gasteiger partial charge in [-0.25, -0.2) is 4.98 Å². The summed E-state index contributed by atoms with van der Waals surface area (Å²) < 4.78 is 0. The number of hydrogen-bond acceptors (Lipinski definition) is 3. The summed E-state index contributed by atoms with van der Waals surface area (Å²) in [7, 11) is 1.74. The molecule has 1 amide bonds. The predicted molar refractivity (Wildman–Crippen MR) is 74.4 cm³/mol. The first-order chi connectivity index (χ1) is 9.02. The number of rotatable bonds is 3. The molecule has 2 rings (SSSR count). The number of aryl methyl sites for hydroxylation is 3. The van der Waals surface area contributed by atoms with Crippen molar-refractivity contribution in [2.24, 2.45) is 0 Å². The largest absolute Gasteiger partial charge is 0.308 e. The van der Waals surface area contributed by atoms with Gasteiger partial charge in [0.2, 0.25) is 5.82 Å². The van der Waals surface area contributed by atoms with Gasteiger partial charge in [0.25, 0.3) is 5.91 Å². The van der Waals surface area contributed by atoms with Crippen LogP contribution in [0.4, 0.5) is 5.69 Å². The van der Waals surface area contributed by atoms with Crippen molar-refractivity contribution in [3.8, 4) is 0 Å². The zero-order valence-electron chi connectivity index (χ0n) is 11.7. The minimum atomic E-state index is -0.206. The molecule has 0 aliphatic rings. The minimum Gasteiger partial charge on any atom is -0.308 e. The van der Waals surface area contributed by atoms with Gasteiger partial charge in [0, 0.05) is 19.2 Å². The smallest absolute Gasteiger partial charge is 0.297 e. The third-order valence-electron chi connectivity index (χ3n) is 3.08. The number of anilines is 1. The molecule has 0 fully saturated rings. The van der Waals surface area contributed by atoms with Crippen molar-refractivity contribution >= 4 is 11.6 Å². The Kier molecular flexibility index (Phi) is 3.64. The van der Waals surface area contributed by atoms with Crippen molar-refractivity contribution in [3.05, 3.63) is 41.0 Å². The average Bonchev–Trinajstić information content (AvgIpc) is 2.86. The quantitative estimate of drug-likeness (QED) is 0.918. The van der Waals surface area contributed by atoms with Crippen LogP contribution in [0.1, 0.15) is 34.5 Å². The Hall–Kier alpha value is -2.17. The van der Waals surface area contributed by atoms with Crippen molar-refractivity contribution in [1.29, 1.82) is 0 Å². The molecule has 5 nitrogen and oxygen atoms in total. The number of carbonyl (C=O) groups is 1. The Morgan fingerprint density at radius 2 is 2.11 bits per heavy atom. The summed E-state index contributed by atoms with van der Waals surface area (Å²) in [5.41, 5.74) is 3.11. The molecule has 0 radical (unpaired) electrons. The van der Waals surface area contributed by atoms with E-state index in [1.165, 1.54) is 5.56 Å². The summed E-state index contributed by atoms with van der Waals surface area (Å²) in [5.74, 6) is 0.722. The third kappa shape index (κ3) is 2.65. The number of hydrogen-bond donors (Lipinski definition) is 1. The van der Waals surface area contributed by atoms with E-state index in [-0.39, 0.29) is 11.7 Å². The summed E-state index contributed by atoms with van der Waals surface area (Å²) in [5, 5.41) is 6.71. The maximum atomic E-state index is 12.3. The summed E-state index contributed by atoms with van der Waals surface area (Å²) in [6, 6.07) is 5.98. The fourth-order valence-corrected chi connectivity index (χ4v) is 1.99. The normalized spacial score (nSPS) is 10.5. The number of nitrogens with zero attached hydrogens (tertiary/aromatic N) is 3. The fraction of sp³-hybridized carbons (Fsp3) is 0.357. The van der Waals surface area contributed by atoms with Gasteiger partial charge >= 0.3 is 0 Å². The number of H-pyrrole nitrogens is 1. The second kappa shape index (κ2) is 5.22. The molecule has 1 aromatic heterocycles. The van der Waals surface area contributed by atoms with Gasteiger partial charge in [-0.3, -0.25) is 9.89 Å². The lowest BCUT2D eigenvalue weighted by Gasteiger charge is -2.18. The summed E-state index contributed by atoms with van der Waals surface area (Å²) in [6.07, 6.45) is 0.730. The summed E-state index contributed by atoms with van der Waals surface area (Å²) >= 11 is 0. The van der Waals surface area contributed by atoms with Crippen LogP contribution in [0.25, 0.3) is 0 Å². The molecule has 19 heavy (non-hydrogen) atoms. The summed E-state index contributed by atoms with van der Waals surface area (Å²) in [4.78, 5) is 18.0. The van der Waals surface area contributed by atoms with Crippen LogP contribution in [0.2, 0.25) is 0 Å². The van der Waals surface area contributed by atoms with Crippen LogP contribution in [-0.4, -0.2) is 28.1 Å². The molecule has 0 saturated carbocycles. The van der Waals surface area contributed by atoms with E-state index >= 15 is 0 Å². The number of carbonyl (C=O) groups excluding carboxylic acids is 1. The van der Waals surface area contributed by atoms with E-state index in [4.69, 9.17) is 0 Å². The van der Waals surface area contributed by atoms with Gasteiger partial charge in [-0.05, 0) is 25.5 Å². The number of benzene rings is 1. The number of aromatic amines is 1. The van der Waals surface area contributed by atoms with E-state index in [9.17, 15) is 4.79 Å². The molecule has 0 spiro atoms. The van der Waals surface area contributed by atoms with Gasteiger partial charge in [0.15, 0.2) is 0 Å². The molecule has 0 bridgehead atoms. The van der Waals surface area contributed by atoms with E-state index < -0.39 is 0 Å². The maximum absolute atomic E-state index is 12.3. The van der Waals surface area contributed by atoms with Crippen molar-refractivity contribution < 1.29 is 4.79 Å². The van der Waals surface area contributed by atoms with E-state index in [0.717, 1.165) is 23.5 Å². The third-order valence-corrected chi connectivity index (χ3v) is 3.08. The van der Waals surface area contributed by atoms with Crippen LogP contribution in [0.3, 0.4) is 0 Å². The Morgan fingerprint density at radius 1 is 1.37 bits per heavy atom. The van der Waals surface area contributed by atoms with Gasteiger partial charge in [0.1, 0.15) is 5.82 Å². The predicted octanol–water partition coefficient (Wildman–Crippen LogP) is 2.26. The lowest BCUT2D eigenvalue weighted by atomic mass is 10.1. The molecule has 0 aliphatic carbocycles. The zero-order valence-corrected chi connectivity index (χ0v) is 11.7. The lowest BCUT2D eigenvalue weighted by molar-refractivity contribution is 0.0983. The molecule has 1 N–H and O–H groups in total. The first kappa shape index (κ1) is 13.3. The summed E-state index contributed by atoms with van der Waals surface area (Å²) in [6.45, 7) is 5.98. The Labute approximate surface area is 112 Å². The Balaban J connectivity index is 2.27. The van der Waals surface area contributed by atoms with Gasteiger partial charge in [0.05, 0.1) is 0 Å². The fourth-order valence-electron chi connectivity index (χ4n) is 1.99. The minimum absolute atomic E-state index is 0.206. The molecular formula is C14H18N4O. The van der Waals surface area contributed by atoms with Gasteiger partial charge < -0.3 is 4.90 Å². The van der Waals surface area contributed by atoms with Gasteiger partial charge in [-0.1, -0.05) is 24.6 Å². The highest BCUT2D eigenvalue weighted by Crippen LogP contribution is 2.21.